The summed E-state index contributed by atoms with van der Waals surface area (Å²) in [6, 6.07) is 12.4. The summed E-state index contributed by atoms with van der Waals surface area (Å²) in [6.07, 6.45) is 1.17. The van der Waals surface area contributed by atoms with E-state index in [0.717, 1.165) is 18.8 Å². The summed E-state index contributed by atoms with van der Waals surface area (Å²) in [4.78, 5) is 1.25. The minimum absolute atomic E-state index is 0.658. The van der Waals surface area contributed by atoms with Crippen molar-refractivity contribution >= 4 is 11.3 Å². The highest BCUT2D eigenvalue weighted by atomic mass is 32.1. The normalized spacial score (nSPS) is 10.5. The summed E-state index contributed by atoms with van der Waals surface area (Å²) < 4.78 is 5.72. The van der Waals surface area contributed by atoms with Gasteiger partial charge >= 0.3 is 0 Å². The monoisotopic (exact) mass is 261 g/mol. The third-order valence-corrected chi connectivity index (χ3v) is 3.49. The van der Waals surface area contributed by atoms with Gasteiger partial charge in [-0.05, 0) is 42.1 Å². The van der Waals surface area contributed by atoms with E-state index in [9.17, 15) is 0 Å². The van der Waals surface area contributed by atoms with Gasteiger partial charge in [-0.25, -0.2) is 0 Å². The lowest BCUT2D eigenvalue weighted by molar-refractivity contribution is 0.309. The third kappa shape index (κ3) is 4.17. The van der Waals surface area contributed by atoms with Crippen LogP contribution in [0.15, 0.2) is 41.8 Å². The number of hydrogen-bond donors (Lipinski definition) is 1. The lowest BCUT2D eigenvalue weighted by atomic mass is 10.2. The SMILES string of the molecule is CCCNCc1ccc(OCc2cccs2)cc1. The standard InChI is InChI=1S/C15H19NOS/c1-2-9-16-11-13-5-7-14(8-6-13)17-12-15-4-3-10-18-15/h3-8,10,16H,2,9,11-12H2,1H3. The van der Waals surface area contributed by atoms with Crippen molar-refractivity contribution in [3.05, 3.63) is 52.2 Å². The zero-order chi connectivity index (χ0) is 12.6. The van der Waals surface area contributed by atoms with E-state index in [1.807, 2.05) is 18.2 Å². The second-order valence-electron chi connectivity index (χ2n) is 4.19. The largest absolute Gasteiger partial charge is 0.488 e. The second kappa shape index (κ2) is 7.19. The minimum Gasteiger partial charge on any atom is -0.488 e. The minimum atomic E-state index is 0.658. The maximum atomic E-state index is 5.72. The van der Waals surface area contributed by atoms with E-state index < -0.39 is 0 Å². The molecule has 0 atom stereocenters. The van der Waals surface area contributed by atoms with Crippen LogP contribution in [0.4, 0.5) is 0 Å². The quantitative estimate of drug-likeness (QED) is 0.765. The molecule has 18 heavy (non-hydrogen) atoms. The van der Waals surface area contributed by atoms with Crippen molar-refractivity contribution in [1.29, 1.82) is 0 Å². The van der Waals surface area contributed by atoms with Crippen LogP contribution in [-0.4, -0.2) is 6.54 Å². The molecule has 0 aliphatic carbocycles. The Morgan fingerprint density at radius 2 is 2.00 bits per heavy atom. The van der Waals surface area contributed by atoms with Crippen LogP contribution >= 0.6 is 11.3 Å². The van der Waals surface area contributed by atoms with E-state index in [4.69, 9.17) is 4.74 Å². The molecule has 0 fully saturated rings. The zero-order valence-electron chi connectivity index (χ0n) is 10.7. The molecule has 0 saturated carbocycles. The molecule has 1 heterocycles. The second-order valence-corrected chi connectivity index (χ2v) is 5.22. The van der Waals surface area contributed by atoms with E-state index in [1.165, 1.54) is 16.9 Å². The molecule has 2 aromatic rings. The molecular weight excluding hydrogens is 242 g/mol. The number of rotatable bonds is 7. The lowest BCUT2D eigenvalue weighted by Crippen LogP contribution is -2.13. The van der Waals surface area contributed by atoms with E-state index in [1.54, 1.807) is 11.3 Å². The van der Waals surface area contributed by atoms with E-state index in [-0.39, 0.29) is 0 Å². The number of thiophene rings is 1. The van der Waals surface area contributed by atoms with Gasteiger partial charge in [0.05, 0.1) is 0 Å². The van der Waals surface area contributed by atoms with Gasteiger partial charge in [0.25, 0.3) is 0 Å². The third-order valence-electron chi connectivity index (χ3n) is 2.64. The molecule has 96 valence electrons. The van der Waals surface area contributed by atoms with Crippen LogP contribution in [0.3, 0.4) is 0 Å². The molecular formula is C15H19NOS. The van der Waals surface area contributed by atoms with Gasteiger partial charge in [0.1, 0.15) is 12.4 Å². The van der Waals surface area contributed by atoms with Crippen molar-refractivity contribution in [1.82, 2.24) is 5.32 Å². The van der Waals surface area contributed by atoms with Crippen LogP contribution in [0.1, 0.15) is 23.8 Å². The van der Waals surface area contributed by atoms with Gasteiger partial charge in [-0.3, -0.25) is 0 Å². The van der Waals surface area contributed by atoms with Gasteiger partial charge < -0.3 is 10.1 Å². The van der Waals surface area contributed by atoms with Crippen molar-refractivity contribution in [3.8, 4) is 5.75 Å². The maximum Gasteiger partial charge on any atom is 0.122 e. The number of benzene rings is 1. The van der Waals surface area contributed by atoms with Crippen molar-refractivity contribution in [2.75, 3.05) is 6.54 Å². The summed E-state index contributed by atoms with van der Waals surface area (Å²) in [7, 11) is 0. The number of hydrogen-bond acceptors (Lipinski definition) is 3. The summed E-state index contributed by atoms with van der Waals surface area (Å²) in [6.45, 7) is 4.83. The molecule has 0 saturated heterocycles. The van der Waals surface area contributed by atoms with E-state index in [2.05, 4.69) is 35.8 Å². The molecule has 0 aliphatic heterocycles. The lowest BCUT2D eigenvalue weighted by Gasteiger charge is -2.07. The Morgan fingerprint density at radius 1 is 1.17 bits per heavy atom. The predicted molar refractivity (Wildman–Crippen MR) is 77.1 cm³/mol. The summed E-state index contributed by atoms with van der Waals surface area (Å²) in [5, 5.41) is 5.46. The Balaban J connectivity index is 1.80. The first kappa shape index (κ1) is 13.1. The van der Waals surface area contributed by atoms with Crippen molar-refractivity contribution in [2.24, 2.45) is 0 Å². The molecule has 0 spiro atoms. The highest BCUT2D eigenvalue weighted by Gasteiger charge is 1.97. The van der Waals surface area contributed by atoms with Crippen molar-refractivity contribution < 1.29 is 4.74 Å². The van der Waals surface area contributed by atoms with E-state index in [0.29, 0.717) is 6.61 Å². The fourth-order valence-corrected chi connectivity index (χ4v) is 2.28. The predicted octanol–water partition coefficient (Wildman–Crippen LogP) is 3.83. The maximum absolute atomic E-state index is 5.72. The van der Waals surface area contributed by atoms with Gasteiger partial charge in [-0.15, -0.1) is 11.3 Å². The van der Waals surface area contributed by atoms with Gasteiger partial charge in [-0.1, -0.05) is 25.1 Å². The molecule has 0 bridgehead atoms. The van der Waals surface area contributed by atoms with Crippen molar-refractivity contribution in [3.63, 3.8) is 0 Å². The van der Waals surface area contributed by atoms with Crippen LogP contribution in [-0.2, 0) is 13.2 Å². The average molecular weight is 261 g/mol. The van der Waals surface area contributed by atoms with Gasteiger partial charge in [0, 0.05) is 11.4 Å². The fourth-order valence-electron chi connectivity index (χ4n) is 1.66. The molecule has 0 amide bonds. The first-order valence-corrected chi connectivity index (χ1v) is 7.21. The van der Waals surface area contributed by atoms with Crippen LogP contribution in [0.25, 0.3) is 0 Å². The summed E-state index contributed by atoms with van der Waals surface area (Å²) in [5.41, 5.74) is 1.30. The highest BCUT2D eigenvalue weighted by molar-refractivity contribution is 7.09. The first-order valence-electron chi connectivity index (χ1n) is 6.33. The van der Waals surface area contributed by atoms with Gasteiger partial charge in [-0.2, -0.15) is 0 Å². The first-order chi connectivity index (χ1) is 8.88. The van der Waals surface area contributed by atoms with Crippen LogP contribution in [0, 0.1) is 0 Å². The molecule has 0 unspecified atom stereocenters. The Hall–Kier alpha value is -1.32. The highest BCUT2D eigenvalue weighted by Crippen LogP contribution is 2.16. The Bertz CT molecular complexity index is 436. The van der Waals surface area contributed by atoms with Gasteiger partial charge in [0.15, 0.2) is 0 Å². The molecule has 1 N–H and O–H groups in total. The molecule has 1 aromatic heterocycles. The number of ether oxygens (including phenoxy) is 1. The number of nitrogens with one attached hydrogen (secondary N) is 1. The molecule has 2 nitrogen and oxygen atoms in total. The van der Waals surface area contributed by atoms with Crippen LogP contribution in [0.2, 0.25) is 0 Å². The van der Waals surface area contributed by atoms with E-state index >= 15 is 0 Å². The molecule has 0 aliphatic rings. The topological polar surface area (TPSA) is 21.3 Å². The Labute approximate surface area is 113 Å². The average Bonchev–Trinajstić information content (AvgIpc) is 2.91. The molecule has 1 aromatic carbocycles. The van der Waals surface area contributed by atoms with Crippen LogP contribution in [0.5, 0.6) is 5.75 Å². The fraction of sp³-hybridized carbons (Fsp3) is 0.333. The Morgan fingerprint density at radius 3 is 2.67 bits per heavy atom. The smallest absolute Gasteiger partial charge is 0.122 e. The summed E-state index contributed by atoms with van der Waals surface area (Å²) >= 11 is 1.72. The van der Waals surface area contributed by atoms with Crippen molar-refractivity contribution in [2.45, 2.75) is 26.5 Å². The zero-order valence-corrected chi connectivity index (χ0v) is 11.5. The molecule has 3 heteroatoms. The Kier molecular flexibility index (Phi) is 5.24. The molecule has 2 rings (SSSR count). The molecule has 0 radical (unpaired) electrons. The summed E-state index contributed by atoms with van der Waals surface area (Å²) in [5.74, 6) is 0.933. The van der Waals surface area contributed by atoms with Gasteiger partial charge in [0.2, 0.25) is 0 Å². The van der Waals surface area contributed by atoms with Crippen LogP contribution < -0.4 is 10.1 Å².